The Balaban J connectivity index is 2.42. The Morgan fingerprint density at radius 3 is 3.00 bits per heavy atom. The van der Waals surface area contributed by atoms with Crippen LogP contribution in [0.1, 0.15) is 18.6 Å². The molecule has 0 aromatic carbocycles. The van der Waals surface area contributed by atoms with Crippen molar-refractivity contribution in [3.63, 3.8) is 0 Å². The van der Waals surface area contributed by atoms with Gasteiger partial charge in [0.25, 0.3) is 0 Å². The molecule has 0 fully saturated rings. The van der Waals surface area contributed by atoms with Gasteiger partial charge in [-0.1, -0.05) is 5.16 Å². The zero-order valence-electron chi connectivity index (χ0n) is 8.86. The largest absolute Gasteiger partial charge is 0.377 e. The highest BCUT2D eigenvalue weighted by Crippen LogP contribution is 2.00. The molecular formula is C9H14N2O4. The molecule has 0 N–H and O–H groups in total. The molecule has 0 spiro atoms. The van der Waals surface area contributed by atoms with Crippen molar-refractivity contribution in [2.24, 2.45) is 0 Å². The predicted octanol–water partition coefficient (Wildman–Crippen LogP) is 0.364. The molecule has 0 aliphatic carbocycles. The van der Waals surface area contributed by atoms with E-state index in [9.17, 15) is 4.79 Å². The highest BCUT2D eigenvalue weighted by molar-refractivity contribution is 5.81. The number of methoxy groups -OCH3 is 1. The topological polar surface area (TPSA) is 74.5 Å². The maximum atomic E-state index is 11.2. The summed E-state index contributed by atoms with van der Waals surface area (Å²) in [6, 6.07) is 0. The maximum Gasteiger partial charge on any atom is 0.234 e. The lowest BCUT2D eigenvalue weighted by molar-refractivity contribution is -0.122. The fraction of sp³-hybridized carbons (Fsp3) is 0.667. The van der Waals surface area contributed by atoms with Gasteiger partial charge in [-0.25, -0.2) is 0 Å². The zero-order chi connectivity index (χ0) is 11.1. The Morgan fingerprint density at radius 1 is 1.53 bits per heavy atom. The monoisotopic (exact) mass is 214 g/mol. The molecule has 0 aliphatic rings. The first kappa shape index (κ1) is 11.8. The summed E-state index contributed by atoms with van der Waals surface area (Å²) in [6.07, 6.45) is 0.104. The average Bonchev–Trinajstić information content (AvgIpc) is 2.63. The lowest BCUT2D eigenvalue weighted by Gasteiger charge is -1.93. The van der Waals surface area contributed by atoms with Crippen molar-refractivity contribution in [3.8, 4) is 0 Å². The number of hydrogen-bond acceptors (Lipinski definition) is 6. The molecule has 1 aromatic heterocycles. The second-order valence-electron chi connectivity index (χ2n) is 2.89. The third-order valence-corrected chi connectivity index (χ3v) is 1.60. The molecule has 0 saturated heterocycles. The van der Waals surface area contributed by atoms with E-state index in [4.69, 9.17) is 9.26 Å². The Morgan fingerprint density at radius 2 is 2.33 bits per heavy atom. The summed E-state index contributed by atoms with van der Waals surface area (Å²) in [5.41, 5.74) is 0. The quantitative estimate of drug-likeness (QED) is 0.652. The van der Waals surface area contributed by atoms with Crippen molar-refractivity contribution < 1.29 is 18.8 Å². The summed E-state index contributed by atoms with van der Waals surface area (Å²) in [6.45, 7) is 2.83. The van der Waals surface area contributed by atoms with Crippen LogP contribution in [0.5, 0.6) is 0 Å². The summed E-state index contributed by atoms with van der Waals surface area (Å²) in [5, 5.41) is 3.66. The van der Waals surface area contributed by atoms with Gasteiger partial charge in [-0.3, -0.25) is 4.79 Å². The van der Waals surface area contributed by atoms with E-state index in [2.05, 4.69) is 14.9 Å². The van der Waals surface area contributed by atoms with Gasteiger partial charge in [0.1, 0.15) is 13.2 Å². The Bertz CT molecular complexity index is 311. The van der Waals surface area contributed by atoms with E-state index < -0.39 is 0 Å². The van der Waals surface area contributed by atoms with Crippen LogP contribution >= 0.6 is 0 Å². The second kappa shape index (κ2) is 6.26. The summed E-state index contributed by atoms with van der Waals surface area (Å²) < 4.78 is 14.6. The fourth-order valence-corrected chi connectivity index (χ4v) is 0.995. The molecule has 0 radical (unpaired) electrons. The minimum absolute atomic E-state index is 0.0587. The van der Waals surface area contributed by atoms with E-state index in [1.165, 1.54) is 7.11 Å². The van der Waals surface area contributed by atoms with E-state index in [1.54, 1.807) is 0 Å². The molecule has 0 unspecified atom stereocenters. The molecule has 1 heterocycles. The van der Waals surface area contributed by atoms with Crippen LogP contribution in [0.2, 0.25) is 0 Å². The van der Waals surface area contributed by atoms with Crippen LogP contribution in [0.3, 0.4) is 0 Å². The maximum absolute atomic E-state index is 11.2. The number of rotatable bonds is 7. The van der Waals surface area contributed by atoms with Crippen LogP contribution in [0.15, 0.2) is 4.52 Å². The van der Waals surface area contributed by atoms with Crippen LogP contribution in [0.4, 0.5) is 0 Å². The minimum atomic E-state index is -0.0934. The highest BCUT2D eigenvalue weighted by atomic mass is 16.5. The third kappa shape index (κ3) is 4.18. The Hall–Kier alpha value is -1.27. The summed E-state index contributed by atoms with van der Waals surface area (Å²) in [4.78, 5) is 15.1. The molecule has 0 aliphatic heterocycles. The number of aromatic nitrogens is 2. The molecule has 84 valence electrons. The van der Waals surface area contributed by atoms with Crippen LogP contribution in [0.25, 0.3) is 0 Å². The molecule has 6 heteroatoms. The molecule has 0 bridgehead atoms. The van der Waals surface area contributed by atoms with Gasteiger partial charge < -0.3 is 14.0 Å². The predicted molar refractivity (Wildman–Crippen MR) is 50.2 cm³/mol. The van der Waals surface area contributed by atoms with Crippen molar-refractivity contribution in [2.45, 2.75) is 20.0 Å². The van der Waals surface area contributed by atoms with Gasteiger partial charge in [-0.2, -0.15) is 4.98 Å². The molecule has 0 atom stereocenters. The average molecular weight is 214 g/mol. The lowest BCUT2D eigenvalue weighted by atomic mass is 10.3. The van der Waals surface area contributed by atoms with E-state index in [0.29, 0.717) is 24.9 Å². The van der Waals surface area contributed by atoms with Gasteiger partial charge >= 0.3 is 0 Å². The molecule has 0 saturated carbocycles. The van der Waals surface area contributed by atoms with Crippen molar-refractivity contribution in [2.75, 3.05) is 20.3 Å². The second-order valence-corrected chi connectivity index (χ2v) is 2.89. The summed E-state index contributed by atoms with van der Waals surface area (Å²) in [5.74, 6) is 0.660. The Kier molecular flexibility index (Phi) is 4.92. The number of hydrogen-bond donors (Lipinski definition) is 0. The first-order valence-corrected chi connectivity index (χ1v) is 4.66. The normalized spacial score (nSPS) is 10.5. The molecule has 0 amide bonds. The van der Waals surface area contributed by atoms with E-state index in [0.717, 1.165) is 0 Å². The standard InChI is InChI=1S/C9H14N2O4/c1-3-14-6-8-10-9(15-11-8)4-7(12)5-13-2/h3-6H2,1-2H3. The Labute approximate surface area is 87.6 Å². The third-order valence-electron chi connectivity index (χ3n) is 1.60. The SMILES string of the molecule is CCOCc1noc(CC(=O)COC)n1. The van der Waals surface area contributed by atoms with Crippen LogP contribution < -0.4 is 0 Å². The number of carbonyl (C=O) groups is 1. The molecular weight excluding hydrogens is 200 g/mol. The number of ketones is 1. The van der Waals surface area contributed by atoms with Crippen molar-refractivity contribution in [3.05, 3.63) is 11.7 Å². The van der Waals surface area contributed by atoms with Gasteiger partial charge in [0.15, 0.2) is 11.6 Å². The van der Waals surface area contributed by atoms with Crippen molar-refractivity contribution in [1.82, 2.24) is 10.1 Å². The molecule has 1 aromatic rings. The smallest absolute Gasteiger partial charge is 0.234 e. The van der Waals surface area contributed by atoms with Crippen molar-refractivity contribution >= 4 is 5.78 Å². The van der Waals surface area contributed by atoms with Crippen molar-refractivity contribution in [1.29, 1.82) is 0 Å². The summed E-state index contributed by atoms with van der Waals surface area (Å²) in [7, 11) is 1.46. The number of nitrogens with zero attached hydrogens (tertiary/aromatic N) is 2. The summed E-state index contributed by atoms with van der Waals surface area (Å²) >= 11 is 0. The fourth-order valence-electron chi connectivity index (χ4n) is 0.995. The molecule has 6 nitrogen and oxygen atoms in total. The van der Waals surface area contributed by atoms with Crippen LogP contribution in [-0.4, -0.2) is 36.2 Å². The highest BCUT2D eigenvalue weighted by Gasteiger charge is 2.10. The van der Waals surface area contributed by atoms with Gasteiger partial charge in [-0.05, 0) is 6.92 Å². The van der Waals surface area contributed by atoms with Gasteiger partial charge in [0, 0.05) is 13.7 Å². The number of carbonyl (C=O) groups excluding carboxylic acids is 1. The number of Topliss-reactive ketones (excluding diaryl/α,β-unsaturated/α-hetero) is 1. The first-order valence-electron chi connectivity index (χ1n) is 4.66. The zero-order valence-corrected chi connectivity index (χ0v) is 8.86. The van der Waals surface area contributed by atoms with E-state index in [-0.39, 0.29) is 18.8 Å². The molecule has 15 heavy (non-hydrogen) atoms. The van der Waals surface area contributed by atoms with Crippen LogP contribution in [-0.2, 0) is 27.3 Å². The van der Waals surface area contributed by atoms with Gasteiger partial charge in [0.2, 0.25) is 5.89 Å². The first-order chi connectivity index (χ1) is 7.26. The minimum Gasteiger partial charge on any atom is -0.377 e. The van der Waals surface area contributed by atoms with Gasteiger partial charge in [0.05, 0.1) is 6.42 Å². The van der Waals surface area contributed by atoms with Gasteiger partial charge in [-0.15, -0.1) is 0 Å². The van der Waals surface area contributed by atoms with E-state index >= 15 is 0 Å². The van der Waals surface area contributed by atoms with E-state index in [1.807, 2.05) is 6.92 Å². The van der Waals surface area contributed by atoms with Crippen LogP contribution in [0, 0.1) is 0 Å². The lowest BCUT2D eigenvalue weighted by Crippen LogP contribution is -2.09. The molecule has 1 rings (SSSR count). The number of ether oxygens (including phenoxy) is 2.